The highest BCUT2D eigenvalue weighted by atomic mass is 16.3. The lowest BCUT2D eigenvalue weighted by Crippen LogP contribution is -2.23. The molecule has 4 nitrogen and oxygen atoms in total. The van der Waals surface area contributed by atoms with Crippen molar-refractivity contribution in [1.82, 2.24) is 0 Å². The molecule has 0 aliphatic carbocycles. The number of hydrogen-bond donors (Lipinski definition) is 3. The van der Waals surface area contributed by atoms with E-state index in [1.54, 1.807) is 6.07 Å². The van der Waals surface area contributed by atoms with E-state index < -0.39 is 6.10 Å². The van der Waals surface area contributed by atoms with Crippen LogP contribution in [0.5, 0.6) is 0 Å². The minimum Gasteiger partial charge on any atom is -0.394 e. The Kier molecular flexibility index (Phi) is 3.78. The third kappa shape index (κ3) is 2.43. The van der Waals surface area contributed by atoms with Crippen molar-refractivity contribution in [2.45, 2.75) is 6.10 Å². The van der Waals surface area contributed by atoms with Gasteiger partial charge < -0.3 is 15.5 Å². The molecule has 0 aliphatic rings. The molecule has 0 saturated heterocycles. The maximum atomic E-state index is 9.33. The summed E-state index contributed by atoms with van der Waals surface area (Å²) in [7, 11) is 0. The SMILES string of the molecule is N#Cc1ccc(NCC(O)CO)c2ccccc12. The molecule has 0 spiro atoms. The Hall–Kier alpha value is -2.09. The predicted octanol–water partition coefficient (Wildman–Crippen LogP) is 1.48. The van der Waals surface area contributed by atoms with Crippen molar-refractivity contribution in [3.8, 4) is 6.07 Å². The maximum absolute atomic E-state index is 9.33. The summed E-state index contributed by atoms with van der Waals surface area (Å²) in [5.74, 6) is 0. The number of rotatable bonds is 4. The van der Waals surface area contributed by atoms with Crippen LogP contribution in [0.15, 0.2) is 36.4 Å². The smallest absolute Gasteiger partial charge is 0.0998 e. The highest BCUT2D eigenvalue weighted by Crippen LogP contribution is 2.26. The first-order valence-corrected chi connectivity index (χ1v) is 5.71. The van der Waals surface area contributed by atoms with Crippen LogP contribution in [-0.2, 0) is 0 Å². The second-order valence-corrected chi connectivity index (χ2v) is 4.04. The minimum absolute atomic E-state index is 0.270. The van der Waals surface area contributed by atoms with Crippen LogP contribution >= 0.6 is 0 Å². The van der Waals surface area contributed by atoms with Gasteiger partial charge in [-0.05, 0) is 12.1 Å². The number of aliphatic hydroxyl groups excluding tert-OH is 2. The number of hydrogen-bond acceptors (Lipinski definition) is 4. The van der Waals surface area contributed by atoms with E-state index in [0.717, 1.165) is 16.5 Å². The van der Waals surface area contributed by atoms with E-state index in [2.05, 4.69) is 11.4 Å². The molecule has 0 heterocycles. The van der Waals surface area contributed by atoms with Crippen LogP contribution in [-0.4, -0.2) is 29.5 Å². The average Bonchev–Trinajstić information content (AvgIpc) is 2.44. The van der Waals surface area contributed by atoms with Crippen LogP contribution in [0.2, 0.25) is 0 Å². The lowest BCUT2D eigenvalue weighted by molar-refractivity contribution is 0.105. The van der Waals surface area contributed by atoms with Crippen molar-refractivity contribution >= 4 is 16.5 Å². The normalized spacial score (nSPS) is 12.1. The monoisotopic (exact) mass is 242 g/mol. The molecule has 2 rings (SSSR count). The molecule has 0 radical (unpaired) electrons. The average molecular weight is 242 g/mol. The number of nitrogens with one attached hydrogen (secondary N) is 1. The van der Waals surface area contributed by atoms with Gasteiger partial charge in [-0.3, -0.25) is 0 Å². The van der Waals surface area contributed by atoms with Crippen LogP contribution in [0.4, 0.5) is 5.69 Å². The summed E-state index contributed by atoms with van der Waals surface area (Å²) < 4.78 is 0. The third-order valence-electron chi connectivity index (χ3n) is 2.78. The van der Waals surface area contributed by atoms with Crippen LogP contribution in [0, 0.1) is 11.3 Å². The number of benzene rings is 2. The Morgan fingerprint density at radius 1 is 1.17 bits per heavy atom. The first kappa shape index (κ1) is 12.4. The van der Waals surface area contributed by atoms with Gasteiger partial charge in [-0.1, -0.05) is 24.3 Å². The molecule has 2 aromatic carbocycles. The number of nitriles is 1. The summed E-state index contributed by atoms with van der Waals surface area (Å²) in [6.45, 7) is -0.00634. The largest absolute Gasteiger partial charge is 0.394 e. The lowest BCUT2D eigenvalue weighted by atomic mass is 10.0. The predicted molar refractivity (Wildman–Crippen MR) is 70.2 cm³/mol. The summed E-state index contributed by atoms with van der Waals surface area (Å²) in [6.07, 6.45) is -0.792. The fourth-order valence-electron chi connectivity index (χ4n) is 1.84. The standard InChI is InChI=1S/C14H14N2O2/c15-7-10-5-6-14(16-8-11(18)9-17)13-4-2-1-3-12(10)13/h1-6,11,16-18H,8-9H2. The van der Waals surface area contributed by atoms with E-state index in [9.17, 15) is 5.11 Å². The summed E-state index contributed by atoms with van der Waals surface area (Å²) in [6, 6.07) is 13.3. The molecule has 4 heteroatoms. The Morgan fingerprint density at radius 3 is 2.56 bits per heavy atom. The Bertz CT molecular complexity index is 590. The van der Waals surface area contributed by atoms with Gasteiger partial charge in [0.25, 0.3) is 0 Å². The molecular weight excluding hydrogens is 228 g/mol. The van der Waals surface area contributed by atoms with Crippen molar-refractivity contribution in [1.29, 1.82) is 5.26 Å². The number of anilines is 1. The van der Waals surface area contributed by atoms with Gasteiger partial charge in [0.05, 0.1) is 24.3 Å². The van der Waals surface area contributed by atoms with Crippen molar-refractivity contribution in [3.05, 3.63) is 42.0 Å². The van der Waals surface area contributed by atoms with Gasteiger partial charge in [0, 0.05) is 23.0 Å². The molecule has 18 heavy (non-hydrogen) atoms. The van der Waals surface area contributed by atoms with E-state index in [4.69, 9.17) is 10.4 Å². The first-order valence-electron chi connectivity index (χ1n) is 5.71. The van der Waals surface area contributed by atoms with Crippen molar-refractivity contribution in [3.63, 3.8) is 0 Å². The van der Waals surface area contributed by atoms with Gasteiger partial charge in [-0.25, -0.2) is 0 Å². The Balaban J connectivity index is 2.38. The van der Waals surface area contributed by atoms with E-state index >= 15 is 0 Å². The fourth-order valence-corrected chi connectivity index (χ4v) is 1.84. The van der Waals surface area contributed by atoms with Gasteiger partial charge in [0.15, 0.2) is 0 Å². The summed E-state index contributed by atoms with van der Waals surface area (Å²) in [5.41, 5.74) is 1.47. The van der Waals surface area contributed by atoms with Crippen LogP contribution in [0.3, 0.4) is 0 Å². The van der Waals surface area contributed by atoms with Gasteiger partial charge in [-0.15, -0.1) is 0 Å². The zero-order valence-corrected chi connectivity index (χ0v) is 9.80. The number of fused-ring (bicyclic) bond motifs is 1. The van der Waals surface area contributed by atoms with E-state index in [1.165, 1.54) is 0 Å². The number of nitrogens with zero attached hydrogens (tertiary/aromatic N) is 1. The third-order valence-corrected chi connectivity index (χ3v) is 2.78. The highest BCUT2D eigenvalue weighted by molar-refractivity contribution is 5.97. The zero-order chi connectivity index (χ0) is 13.0. The quantitative estimate of drug-likeness (QED) is 0.759. The van der Waals surface area contributed by atoms with E-state index in [-0.39, 0.29) is 13.2 Å². The summed E-state index contributed by atoms with van der Waals surface area (Å²) in [5, 5.41) is 32.0. The van der Waals surface area contributed by atoms with Crippen LogP contribution in [0.25, 0.3) is 10.8 Å². The zero-order valence-electron chi connectivity index (χ0n) is 9.80. The second kappa shape index (κ2) is 5.50. The topological polar surface area (TPSA) is 76.3 Å². The molecular formula is C14H14N2O2. The molecule has 3 N–H and O–H groups in total. The minimum atomic E-state index is -0.792. The first-order chi connectivity index (χ1) is 8.76. The molecule has 0 aliphatic heterocycles. The molecule has 1 atom stereocenters. The van der Waals surface area contributed by atoms with Gasteiger partial charge >= 0.3 is 0 Å². The van der Waals surface area contributed by atoms with Crippen LogP contribution < -0.4 is 5.32 Å². The molecule has 0 fully saturated rings. The molecule has 0 aromatic heterocycles. The molecule has 1 unspecified atom stereocenters. The van der Waals surface area contributed by atoms with Crippen molar-refractivity contribution in [2.75, 3.05) is 18.5 Å². The molecule has 0 saturated carbocycles. The fraction of sp³-hybridized carbons (Fsp3) is 0.214. The van der Waals surface area contributed by atoms with Gasteiger partial charge in [0.2, 0.25) is 0 Å². The van der Waals surface area contributed by atoms with E-state index in [1.807, 2.05) is 30.3 Å². The van der Waals surface area contributed by atoms with E-state index in [0.29, 0.717) is 5.56 Å². The lowest BCUT2D eigenvalue weighted by Gasteiger charge is -2.13. The van der Waals surface area contributed by atoms with Crippen LogP contribution in [0.1, 0.15) is 5.56 Å². The van der Waals surface area contributed by atoms with Gasteiger partial charge in [0.1, 0.15) is 0 Å². The maximum Gasteiger partial charge on any atom is 0.0998 e. The summed E-state index contributed by atoms with van der Waals surface area (Å²) >= 11 is 0. The Morgan fingerprint density at radius 2 is 1.89 bits per heavy atom. The Labute approximate surface area is 105 Å². The van der Waals surface area contributed by atoms with Gasteiger partial charge in [-0.2, -0.15) is 5.26 Å². The highest BCUT2D eigenvalue weighted by Gasteiger charge is 2.06. The second-order valence-electron chi connectivity index (χ2n) is 4.04. The molecule has 0 amide bonds. The van der Waals surface area contributed by atoms with Crippen molar-refractivity contribution < 1.29 is 10.2 Å². The molecule has 2 aromatic rings. The number of aliphatic hydroxyl groups is 2. The molecule has 0 bridgehead atoms. The van der Waals surface area contributed by atoms with Crippen molar-refractivity contribution in [2.24, 2.45) is 0 Å². The summed E-state index contributed by atoms with van der Waals surface area (Å²) in [4.78, 5) is 0. The molecule has 92 valence electrons.